The van der Waals surface area contributed by atoms with Crippen LogP contribution in [0.25, 0.3) is 22.6 Å². The number of hydrazine groups is 1. The molecule has 0 fully saturated rings. The van der Waals surface area contributed by atoms with E-state index in [0.717, 1.165) is 22.4 Å². The standard InChI is InChI=1S/C32H28N4O4S/c1-39-30-19-18-24(20-31(30)40-2)28-21-29(36(33-28)41(37,38)26-16-10-5-11-17-26)27-22-35(25-14-8-4-9-15-25)34-32(27)23-12-6-3-7-13-23/h3-22,29,33H,1-2H3/t29-/m1/s1. The molecule has 1 aromatic heterocycles. The number of hydrogen-bond donors (Lipinski definition) is 1. The second-order valence-corrected chi connectivity index (χ2v) is 11.2. The van der Waals surface area contributed by atoms with Gasteiger partial charge in [-0.3, -0.25) is 0 Å². The van der Waals surface area contributed by atoms with Crippen LogP contribution in [0.2, 0.25) is 0 Å². The van der Waals surface area contributed by atoms with E-state index >= 15 is 0 Å². The van der Waals surface area contributed by atoms with Crippen LogP contribution in [0.15, 0.2) is 126 Å². The maximum Gasteiger partial charge on any atom is 0.260 e. The summed E-state index contributed by atoms with van der Waals surface area (Å²) in [5, 5.41) is 4.93. The van der Waals surface area contributed by atoms with E-state index in [1.165, 1.54) is 4.41 Å². The van der Waals surface area contributed by atoms with E-state index in [1.807, 2.05) is 85.1 Å². The maximum absolute atomic E-state index is 14.1. The molecule has 206 valence electrons. The molecule has 0 aliphatic carbocycles. The lowest BCUT2D eigenvalue weighted by Crippen LogP contribution is -2.39. The van der Waals surface area contributed by atoms with Gasteiger partial charge in [-0.2, -0.15) is 5.10 Å². The second-order valence-electron chi connectivity index (χ2n) is 9.40. The average molecular weight is 565 g/mol. The highest BCUT2D eigenvalue weighted by molar-refractivity contribution is 7.89. The molecule has 41 heavy (non-hydrogen) atoms. The molecule has 0 radical (unpaired) electrons. The molecule has 4 aromatic carbocycles. The topological polar surface area (TPSA) is 85.7 Å². The van der Waals surface area contributed by atoms with Crippen molar-refractivity contribution < 1.29 is 17.9 Å². The number of methoxy groups -OCH3 is 2. The molecule has 8 nitrogen and oxygen atoms in total. The zero-order valence-electron chi connectivity index (χ0n) is 22.5. The van der Waals surface area contributed by atoms with Gasteiger partial charge in [-0.15, -0.1) is 4.41 Å². The van der Waals surface area contributed by atoms with Gasteiger partial charge in [0.25, 0.3) is 10.0 Å². The van der Waals surface area contributed by atoms with Gasteiger partial charge in [0.2, 0.25) is 0 Å². The quantitative estimate of drug-likeness (QED) is 0.255. The van der Waals surface area contributed by atoms with Gasteiger partial charge in [-0.25, -0.2) is 13.1 Å². The fraction of sp³-hybridized carbons (Fsp3) is 0.0938. The Hall–Kier alpha value is -4.86. The monoisotopic (exact) mass is 564 g/mol. The van der Waals surface area contributed by atoms with Crippen LogP contribution in [0.3, 0.4) is 0 Å². The number of sulfonamides is 1. The van der Waals surface area contributed by atoms with E-state index in [-0.39, 0.29) is 4.90 Å². The van der Waals surface area contributed by atoms with E-state index in [0.29, 0.717) is 22.9 Å². The largest absolute Gasteiger partial charge is 0.493 e. The molecule has 0 saturated carbocycles. The van der Waals surface area contributed by atoms with Crippen molar-refractivity contribution in [1.29, 1.82) is 0 Å². The second kappa shape index (κ2) is 11.0. The van der Waals surface area contributed by atoms with Crippen LogP contribution in [0.5, 0.6) is 11.5 Å². The first-order valence-corrected chi connectivity index (χ1v) is 14.4. The number of para-hydroxylation sites is 1. The first-order valence-electron chi connectivity index (χ1n) is 13.0. The summed E-state index contributed by atoms with van der Waals surface area (Å²) in [5.74, 6) is 1.12. The average Bonchev–Trinajstić information content (AvgIpc) is 3.68. The molecule has 0 saturated heterocycles. The van der Waals surface area contributed by atoms with E-state index in [4.69, 9.17) is 14.6 Å². The highest BCUT2D eigenvalue weighted by atomic mass is 32.2. The molecular weight excluding hydrogens is 536 g/mol. The summed E-state index contributed by atoms with van der Waals surface area (Å²) in [5.41, 5.74) is 7.69. The lowest BCUT2D eigenvalue weighted by molar-refractivity contribution is 0.347. The first-order chi connectivity index (χ1) is 20.0. The lowest BCUT2D eigenvalue weighted by atomic mass is 10.0. The third-order valence-corrected chi connectivity index (χ3v) is 8.64. The van der Waals surface area contributed by atoms with E-state index in [9.17, 15) is 8.42 Å². The number of nitrogens with one attached hydrogen (secondary N) is 1. The molecule has 0 amide bonds. The molecule has 1 aliphatic heterocycles. The van der Waals surface area contributed by atoms with Crippen molar-refractivity contribution >= 4 is 15.7 Å². The normalized spacial score (nSPS) is 15.3. The summed E-state index contributed by atoms with van der Waals surface area (Å²) < 4.78 is 42.2. The van der Waals surface area contributed by atoms with Crippen molar-refractivity contribution in [1.82, 2.24) is 19.6 Å². The molecule has 1 N–H and O–H groups in total. The number of aromatic nitrogens is 2. The van der Waals surface area contributed by atoms with Crippen LogP contribution in [-0.2, 0) is 10.0 Å². The van der Waals surface area contributed by atoms with Gasteiger partial charge in [-0.05, 0) is 48.5 Å². The van der Waals surface area contributed by atoms with E-state index in [1.54, 1.807) is 55.3 Å². The highest BCUT2D eigenvalue weighted by Crippen LogP contribution is 2.41. The Morgan fingerprint density at radius 2 is 1.39 bits per heavy atom. The Bertz CT molecular complexity index is 1810. The van der Waals surface area contributed by atoms with Crippen molar-refractivity contribution in [2.75, 3.05) is 14.2 Å². The van der Waals surface area contributed by atoms with Crippen molar-refractivity contribution in [3.8, 4) is 28.4 Å². The number of benzene rings is 4. The van der Waals surface area contributed by atoms with Gasteiger partial charge in [0, 0.05) is 22.9 Å². The van der Waals surface area contributed by atoms with Crippen LogP contribution >= 0.6 is 0 Å². The summed E-state index contributed by atoms with van der Waals surface area (Å²) >= 11 is 0. The fourth-order valence-corrected chi connectivity index (χ4v) is 6.30. The number of hydrogen-bond acceptors (Lipinski definition) is 6. The minimum absolute atomic E-state index is 0.177. The van der Waals surface area contributed by atoms with Gasteiger partial charge in [0.1, 0.15) is 0 Å². The summed E-state index contributed by atoms with van der Waals surface area (Å²) in [6, 6.07) is 32.7. The Morgan fingerprint density at radius 3 is 2.05 bits per heavy atom. The van der Waals surface area contributed by atoms with Crippen molar-refractivity contribution in [2.24, 2.45) is 0 Å². The zero-order chi connectivity index (χ0) is 28.4. The Morgan fingerprint density at radius 1 is 0.756 bits per heavy atom. The minimum atomic E-state index is -3.98. The molecule has 0 bridgehead atoms. The predicted octanol–water partition coefficient (Wildman–Crippen LogP) is 5.85. The molecule has 2 heterocycles. The third kappa shape index (κ3) is 4.97. The van der Waals surface area contributed by atoms with E-state index < -0.39 is 16.1 Å². The molecule has 6 rings (SSSR count). The maximum atomic E-state index is 14.1. The van der Waals surface area contributed by atoms with Gasteiger partial charge >= 0.3 is 0 Å². The fourth-order valence-electron chi connectivity index (χ4n) is 4.88. The Labute approximate surface area is 239 Å². The molecule has 5 aromatic rings. The minimum Gasteiger partial charge on any atom is -0.493 e. The van der Waals surface area contributed by atoms with E-state index in [2.05, 4.69) is 5.43 Å². The number of nitrogens with zero attached hydrogens (tertiary/aromatic N) is 3. The molecule has 0 spiro atoms. The third-order valence-electron chi connectivity index (χ3n) is 6.93. The summed E-state index contributed by atoms with van der Waals surface area (Å²) in [6.45, 7) is 0. The Kier molecular flexibility index (Phi) is 7.05. The predicted molar refractivity (Wildman–Crippen MR) is 158 cm³/mol. The van der Waals surface area contributed by atoms with Crippen LogP contribution in [0.1, 0.15) is 17.2 Å². The first kappa shape index (κ1) is 26.4. The Balaban J connectivity index is 1.54. The van der Waals surface area contributed by atoms with Crippen LogP contribution in [0, 0.1) is 0 Å². The SMILES string of the molecule is COc1ccc(C2=C[C@H](c3cn(-c4ccccc4)nc3-c3ccccc3)N(S(=O)(=O)c3ccccc3)N2)cc1OC. The summed E-state index contributed by atoms with van der Waals surface area (Å²) in [6.07, 6.45) is 3.80. The summed E-state index contributed by atoms with van der Waals surface area (Å²) in [7, 11) is -0.842. The summed E-state index contributed by atoms with van der Waals surface area (Å²) in [4.78, 5) is 0.177. The number of rotatable bonds is 8. The molecule has 1 aliphatic rings. The smallest absolute Gasteiger partial charge is 0.260 e. The van der Waals surface area contributed by atoms with Gasteiger partial charge < -0.3 is 14.9 Å². The molecule has 9 heteroatoms. The van der Waals surface area contributed by atoms with Gasteiger partial charge in [0.05, 0.1) is 42.2 Å². The number of ether oxygens (including phenoxy) is 2. The molecule has 0 unspecified atom stereocenters. The van der Waals surface area contributed by atoms with Crippen LogP contribution in [-0.4, -0.2) is 36.8 Å². The van der Waals surface area contributed by atoms with Gasteiger partial charge in [-0.1, -0.05) is 66.7 Å². The molecule has 1 atom stereocenters. The van der Waals surface area contributed by atoms with Crippen molar-refractivity contribution in [3.05, 3.63) is 133 Å². The van der Waals surface area contributed by atoms with Gasteiger partial charge in [0.15, 0.2) is 11.5 Å². The lowest BCUT2D eigenvalue weighted by Gasteiger charge is -2.24. The van der Waals surface area contributed by atoms with Crippen LogP contribution in [0.4, 0.5) is 0 Å². The highest BCUT2D eigenvalue weighted by Gasteiger charge is 2.39. The zero-order valence-corrected chi connectivity index (χ0v) is 23.3. The molecular formula is C32H28N4O4S. The van der Waals surface area contributed by atoms with Crippen LogP contribution < -0.4 is 14.9 Å². The van der Waals surface area contributed by atoms with Crippen molar-refractivity contribution in [3.63, 3.8) is 0 Å². The van der Waals surface area contributed by atoms with Crippen molar-refractivity contribution in [2.45, 2.75) is 10.9 Å².